The number of sulfonamides is 1. The number of hydrogen-bond acceptors (Lipinski definition) is 4. The minimum absolute atomic E-state index is 0.0151. The average Bonchev–Trinajstić information content (AvgIpc) is 2.25. The molecule has 0 aliphatic carbocycles. The van der Waals surface area contributed by atoms with Crippen molar-refractivity contribution < 1.29 is 12.8 Å². The Kier molecular flexibility index (Phi) is 4.05. The average molecular weight is 360 g/mol. The Morgan fingerprint density at radius 3 is 2.30 bits per heavy atom. The molecule has 20 heavy (non-hydrogen) atoms. The van der Waals surface area contributed by atoms with Crippen LogP contribution in [0.25, 0.3) is 0 Å². The second-order valence-electron chi connectivity index (χ2n) is 4.15. The van der Waals surface area contributed by atoms with Gasteiger partial charge in [0.25, 0.3) is 10.0 Å². The molecule has 0 radical (unpaired) electrons. The molecule has 0 saturated carbocycles. The molecule has 8 heteroatoms. The zero-order valence-corrected chi connectivity index (χ0v) is 13.1. The van der Waals surface area contributed by atoms with Crippen molar-refractivity contribution >= 4 is 31.9 Å². The minimum Gasteiger partial charge on any atom is -0.247 e. The van der Waals surface area contributed by atoms with E-state index in [1.54, 1.807) is 19.9 Å². The largest absolute Gasteiger partial charge is 0.265 e. The fourth-order valence-corrected chi connectivity index (χ4v) is 3.63. The summed E-state index contributed by atoms with van der Waals surface area (Å²) in [4.78, 5) is 7.92. The zero-order chi connectivity index (χ0) is 14.9. The first-order chi connectivity index (χ1) is 9.28. The first kappa shape index (κ1) is 14.9. The lowest BCUT2D eigenvalue weighted by Crippen LogP contribution is -2.16. The van der Waals surface area contributed by atoms with Crippen molar-refractivity contribution in [2.75, 3.05) is 4.72 Å². The van der Waals surface area contributed by atoms with Crippen LogP contribution in [0.2, 0.25) is 0 Å². The molecule has 1 aromatic carbocycles. The van der Waals surface area contributed by atoms with Gasteiger partial charge in [-0.05, 0) is 54.0 Å². The van der Waals surface area contributed by atoms with Crippen molar-refractivity contribution in [2.24, 2.45) is 0 Å². The fourth-order valence-electron chi connectivity index (χ4n) is 1.64. The van der Waals surface area contributed by atoms with Crippen molar-refractivity contribution in [3.8, 4) is 0 Å². The van der Waals surface area contributed by atoms with E-state index in [0.29, 0.717) is 11.4 Å². The number of hydrogen-bond donors (Lipinski definition) is 1. The van der Waals surface area contributed by atoms with Crippen LogP contribution < -0.4 is 4.72 Å². The van der Waals surface area contributed by atoms with Gasteiger partial charge in [0.2, 0.25) is 5.95 Å². The molecule has 1 aromatic heterocycles. The number of nitrogens with zero attached hydrogens (tertiary/aromatic N) is 2. The lowest BCUT2D eigenvalue weighted by atomic mass is 10.3. The molecule has 0 atom stereocenters. The number of benzene rings is 1. The Morgan fingerprint density at radius 2 is 1.75 bits per heavy atom. The van der Waals surface area contributed by atoms with E-state index >= 15 is 0 Å². The van der Waals surface area contributed by atoms with E-state index in [9.17, 15) is 12.8 Å². The third-order valence-electron chi connectivity index (χ3n) is 2.39. The van der Waals surface area contributed by atoms with Crippen LogP contribution in [0.3, 0.4) is 0 Å². The topological polar surface area (TPSA) is 72.0 Å². The summed E-state index contributed by atoms with van der Waals surface area (Å²) >= 11 is 3.03. The van der Waals surface area contributed by atoms with Crippen molar-refractivity contribution in [3.05, 3.63) is 45.9 Å². The number of rotatable bonds is 3. The van der Waals surface area contributed by atoms with Crippen molar-refractivity contribution in [2.45, 2.75) is 18.7 Å². The van der Waals surface area contributed by atoms with E-state index in [1.165, 1.54) is 6.07 Å². The highest BCUT2D eigenvalue weighted by atomic mass is 79.9. The van der Waals surface area contributed by atoms with Gasteiger partial charge < -0.3 is 0 Å². The third-order valence-corrected chi connectivity index (χ3v) is 4.70. The summed E-state index contributed by atoms with van der Waals surface area (Å²) in [6.45, 7) is 3.47. The van der Waals surface area contributed by atoms with Crippen LogP contribution >= 0.6 is 15.9 Å². The first-order valence-electron chi connectivity index (χ1n) is 5.58. The monoisotopic (exact) mass is 359 g/mol. The molecule has 0 aliphatic rings. The van der Waals surface area contributed by atoms with Gasteiger partial charge in [0, 0.05) is 15.9 Å². The fraction of sp³-hybridized carbons (Fsp3) is 0.167. The molecule has 2 aromatic rings. The van der Waals surface area contributed by atoms with E-state index in [0.717, 1.165) is 12.1 Å². The Balaban J connectivity index is 2.40. The highest BCUT2D eigenvalue weighted by Gasteiger charge is 2.19. The Bertz CT molecular complexity index is 745. The van der Waals surface area contributed by atoms with Crippen LogP contribution in [0.1, 0.15) is 11.4 Å². The lowest BCUT2D eigenvalue weighted by Gasteiger charge is -2.09. The van der Waals surface area contributed by atoms with E-state index in [4.69, 9.17) is 0 Å². The summed E-state index contributed by atoms with van der Waals surface area (Å²) in [5.41, 5.74) is 1.29. The van der Waals surface area contributed by atoms with E-state index < -0.39 is 15.8 Å². The maximum atomic E-state index is 13.0. The second kappa shape index (κ2) is 5.45. The standard InChI is InChI=1S/C12H11BrFN3O2S/c1-7-5-8(2)16-12(15-7)17-20(18,19)11-4-3-9(14)6-10(11)13/h3-6H,1-2H3,(H,15,16,17). The first-order valence-corrected chi connectivity index (χ1v) is 7.86. The highest BCUT2D eigenvalue weighted by Crippen LogP contribution is 2.24. The zero-order valence-electron chi connectivity index (χ0n) is 10.7. The maximum absolute atomic E-state index is 13.0. The molecule has 0 bridgehead atoms. The van der Waals surface area contributed by atoms with Crippen LogP contribution in [-0.2, 0) is 10.0 Å². The summed E-state index contributed by atoms with van der Waals surface area (Å²) in [7, 11) is -3.88. The molecule has 106 valence electrons. The van der Waals surface area contributed by atoms with Gasteiger partial charge in [-0.3, -0.25) is 0 Å². The maximum Gasteiger partial charge on any atom is 0.265 e. The second-order valence-corrected chi connectivity index (χ2v) is 6.66. The normalized spacial score (nSPS) is 11.4. The van der Waals surface area contributed by atoms with Crippen LogP contribution in [0, 0.1) is 19.7 Å². The summed E-state index contributed by atoms with van der Waals surface area (Å²) in [6, 6.07) is 5.05. The molecule has 0 aliphatic heterocycles. The molecule has 5 nitrogen and oxygen atoms in total. The molecular weight excluding hydrogens is 349 g/mol. The van der Waals surface area contributed by atoms with Crippen molar-refractivity contribution in [3.63, 3.8) is 0 Å². The van der Waals surface area contributed by atoms with Crippen LogP contribution in [0.15, 0.2) is 33.6 Å². The Hall–Kier alpha value is -1.54. The highest BCUT2D eigenvalue weighted by molar-refractivity contribution is 9.10. The molecular formula is C12H11BrFN3O2S. The molecule has 1 heterocycles. The van der Waals surface area contributed by atoms with Crippen LogP contribution in [-0.4, -0.2) is 18.4 Å². The predicted octanol–water partition coefficient (Wildman–Crippen LogP) is 2.80. The minimum atomic E-state index is -3.88. The molecule has 2 rings (SSSR count). The van der Waals surface area contributed by atoms with Gasteiger partial charge in [-0.15, -0.1) is 0 Å². The van der Waals surface area contributed by atoms with E-state index in [-0.39, 0.29) is 15.3 Å². The predicted molar refractivity (Wildman–Crippen MR) is 76.4 cm³/mol. The number of halogens is 2. The van der Waals surface area contributed by atoms with Crippen molar-refractivity contribution in [1.82, 2.24) is 9.97 Å². The SMILES string of the molecule is Cc1cc(C)nc(NS(=O)(=O)c2ccc(F)cc2Br)n1. The van der Waals surface area contributed by atoms with E-state index in [1.807, 2.05) is 0 Å². The number of anilines is 1. The van der Waals surface area contributed by atoms with Gasteiger partial charge >= 0.3 is 0 Å². The summed E-state index contributed by atoms with van der Waals surface area (Å²) in [5, 5.41) is 0. The molecule has 0 unspecified atom stereocenters. The number of aryl methyl sites for hydroxylation is 2. The number of aromatic nitrogens is 2. The van der Waals surface area contributed by atoms with Crippen LogP contribution in [0.5, 0.6) is 0 Å². The summed E-state index contributed by atoms with van der Waals surface area (Å²) in [5.74, 6) is -0.544. The Morgan fingerprint density at radius 1 is 1.15 bits per heavy atom. The van der Waals surface area contributed by atoms with Crippen LogP contribution in [0.4, 0.5) is 10.3 Å². The summed E-state index contributed by atoms with van der Waals surface area (Å²) in [6.07, 6.45) is 0. The molecule has 0 spiro atoms. The van der Waals surface area contributed by atoms with Gasteiger partial charge in [0.05, 0.1) is 0 Å². The van der Waals surface area contributed by atoms with Gasteiger partial charge in [-0.1, -0.05) is 0 Å². The van der Waals surface area contributed by atoms with Crippen molar-refractivity contribution in [1.29, 1.82) is 0 Å². The molecule has 1 N–H and O–H groups in total. The quantitative estimate of drug-likeness (QED) is 0.914. The molecule has 0 amide bonds. The van der Waals surface area contributed by atoms with Gasteiger partial charge in [-0.25, -0.2) is 27.5 Å². The number of nitrogens with one attached hydrogen (secondary N) is 1. The third kappa shape index (κ3) is 3.31. The summed E-state index contributed by atoms with van der Waals surface area (Å²) < 4.78 is 39.8. The van der Waals surface area contributed by atoms with E-state index in [2.05, 4.69) is 30.6 Å². The smallest absolute Gasteiger partial charge is 0.247 e. The van der Waals surface area contributed by atoms with Gasteiger partial charge in [0.1, 0.15) is 10.7 Å². The molecule has 0 saturated heterocycles. The molecule has 0 fully saturated rings. The van der Waals surface area contributed by atoms with Gasteiger partial charge in [-0.2, -0.15) is 0 Å². The van der Waals surface area contributed by atoms with Gasteiger partial charge in [0.15, 0.2) is 0 Å². The lowest BCUT2D eigenvalue weighted by molar-refractivity contribution is 0.598. The Labute approximate surface area is 124 Å².